The van der Waals surface area contributed by atoms with Crippen molar-refractivity contribution >= 4 is 16.9 Å². The van der Waals surface area contributed by atoms with Crippen molar-refractivity contribution in [2.24, 2.45) is 0 Å². The maximum atomic E-state index is 13.9. The van der Waals surface area contributed by atoms with Crippen molar-refractivity contribution in [3.8, 4) is 0 Å². The van der Waals surface area contributed by atoms with E-state index in [4.69, 9.17) is 5.73 Å². The number of allylic oxidation sites excluding steroid dienone is 5. The summed E-state index contributed by atoms with van der Waals surface area (Å²) in [5, 5.41) is 2.12. The van der Waals surface area contributed by atoms with E-state index in [1.165, 1.54) is 22.4 Å². The Hall–Kier alpha value is -3.61. The third-order valence-corrected chi connectivity index (χ3v) is 4.65. The molecule has 7 heteroatoms. The molecule has 6 nitrogen and oxygen atoms in total. The summed E-state index contributed by atoms with van der Waals surface area (Å²) in [5.41, 5.74) is 9.09. The van der Waals surface area contributed by atoms with Crippen LogP contribution in [0, 0.1) is 12.7 Å². The molecule has 1 aromatic carbocycles. The summed E-state index contributed by atoms with van der Waals surface area (Å²) in [6, 6.07) is 6.36. The molecule has 0 saturated heterocycles. The molecular weight excluding hydrogens is 417 g/mol. The highest BCUT2D eigenvalue weighted by Crippen LogP contribution is 2.23. The molecule has 0 aliphatic carbocycles. The Morgan fingerprint density at radius 2 is 1.94 bits per heavy atom. The number of aryl methyl sites for hydroxylation is 1. The number of fused-ring (bicyclic) bond motifs is 1. The van der Waals surface area contributed by atoms with Gasteiger partial charge in [-0.1, -0.05) is 56.4 Å². The zero-order valence-electron chi connectivity index (χ0n) is 20.8. The Bertz CT molecular complexity index is 1190. The lowest BCUT2D eigenvalue weighted by molar-refractivity contribution is 0.639. The Balaban J connectivity index is 0.000000464. The molecular formula is C26H36FN5O. The molecule has 0 unspecified atom stereocenters. The minimum Gasteiger partial charge on any atom is -0.368 e. The molecule has 0 bridgehead atoms. The molecule has 178 valence electrons. The minimum atomic E-state index is -0.264. The number of hydrogen-bond acceptors (Lipinski definition) is 4. The highest BCUT2D eigenvalue weighted by atomic mass is 19.1. The number of aromatic nitrogens is 3. The van der Waals surface area contributed by atoms with Crippen molar-refractivity contribution in [3.63, 3.8) is 0 Å². The monoisotopic (exact) mass is 453 g/mol. The lowest BCUT2D eigenvalue weighted by Crippen LogP contribution is -2.38. The van der Waals surface area contributed by atoms with E-state index in [-0.39, 0.29) is 17.3 Å². The first-order valence-corrected chi connectivity index (χ1v) is 10.9. The lowest BCUT2D eigenvalue weighted by atomic mass is 10.1. The Morgan fingerprint density at radius 3 is 2.48 bits per heavy atom. The number of nitrogens with zero attached hydrogens (tertiary/aromatic N) is 4. The van der Waals surface area contributed by atoms with E-state index in [1.54, 1.807) is 37.4 Å². The van der Waals surface area contributed by atoms with Crippen LogP contribution >= 0.6 is 0 Å². The van der Waals surface area contributed by atoms with Crippen molar-refractivity contribution in [1.82, 2.24) is 14.2 Å². The number of benzene rings is 1. The highest BCUT2D eigenvalue weighted by Gasteiger charge is 2.12. The van der Waals surface area contributed by atoms with Crippen LogP contribution in [0.1, 0.15) is 39.0 Å². The van der Waals surface area contributed by atoms with Gasteiger partial charge in [0.05, 0.1) is 17.8 Å². The summed E-state index contributed by atoms with van der Waals surface area (Å²) in [7, 11) is 3.43. The van der Waals surface area contributed by atoms with Crippen molar-refractivity contribution < 1.29 is 4.39 Å². The van der Waals surface area contributed by atoms with Crippen LogP contribution in [0.4, 0.5) is 10.3 Å². The van der Waals surface area contributed by atoms with Gasteiger partial charge in [-0.25, -0.2) is 9.37 Å². The normalized spacial score (nSPS) is 11.0. The van der Waals surface area contributed by atoms with Gasteiger partial charge in [0.1, 0.15) is 5.82 Å². The van der Waals surface area contributed by atoms with Crippen molar-refractivity contribution in [2.45, 2.75) is 41.2 Å². The molecule has 0 amide bonds. The van der Waals surface area contributed by atoms with Gasteiger partial charge in [0, 0.05) is 31.7 Å². The number of hydrogen-bond donors (Lipinski definition) is 1. The second-order valence-electron chi connectivity index (χ2n) is 7.31. The summed E-state index contributed by atoms with van der Waals surface area (Å²) in [6.45, 7) is 13.9. The van der Waals surface area contributed by atoms with Crippen LogP contribution in [0.15, 0.2) is 71.7 Å². The van der Waals surface area contributed by atoms with Crippen LogP contribution in [0.3, 0.4) is 0 Å². The fraction of sp³-hybridized carbons (Fsp3) is 0.308. The molecule has 33 heavy (non-hydrogen) atoms. The number of halogens is 1. The third kappa shape index (κ3) is 7.20. The van der Waals surface area contributed by atoms with Gasteiger partial charge in [0.25, 0.3) is 5.56 Å². The summed E-state index contributed by atoms with van der Waals surface area (Å²) < 4.78 is 17.0. The van der Waals surface area contributed by atoms with Gasteiger partial charge in [0.2, 0.25) is 5.95 Å². The predicted octanol–water partition coefficient (Wildman–Crippen LogP) is 5.19. The Morgan fingerprint density at radius 1 is 1.27 bits per heavy atom. The molecule has 2 aromatic heterocycles. The van der Waals surface area contributed by atoms with Gasteiger partial charge >= 0.3 is 0 Å². The van der Waals surface area contributed by atoms with Crippen molar-refractivity contribution in [2.75, 3.05) is 24.8 Å². The molecule has 0 spiro atoms. The first kappa shape index (κ1) is 27.4. The van der Waals surface area contributed by atoms with Gasteiger partial charge in [-0.15, -0.1) is 0 Å². The van der Waals surface area contributed by atoms with Gasteiger partial charge < -0.3 is 15.3 Å². The molecule has 0 aliphatic heterocycles. The zero-order valence-corrected chi connectivity index (χ0v) is 20.8. The fourth-order valence-corrected chi connectivity index (χ4v) is 3.12. The summed E-state index contributed by atoms with van der Waals surface area (Å²) in [4.78, 5) is 16.4. The minimum absolute atomic E-state index is 0.122. The third-order valence-electron chi connectivity index (χ3n) is 4.65. The van der Waals surface area contributed by atoms with Crippen LogP contribution < -0.4 is 16.3 Å². The fourth-order valence-electron chi connectivity index (χ4n) is 3.12. The van der Waals surface area contributed by atoms with Crippen molar-refractivity contribution in [3.05, 3.63) is 94.3 Å². The molecule has 0 saturated carbocycles. The van der Waals surface area contributed by atoms with Gasteiger partial charge in [-0.05, 0) is 38.5 Å². The average Bonchev–Trinajstić information content (AvgIpc) is 3.20. The van der Waals surface area contributed by atoms with E-state index in [0.29, 0.717) is 17.6 Å². The zero-order chi connectivity index (χ0) is 25.1. The summed E-state index contributed by atoms with van der Waals surface area (Å²) in [5.74, 6) is -0.142. The molecule has 0 atom stereocenters. The van der Waals surface area contributed by atoms with Crippen LogP contribution in [-0.4, -0.2) is 28.3 Å². The number of nitrogens with two attached hydrogens (primary N) is 1. The van der Waals surface area contributed by atoms with Gasteiger partial charge in [-0.2, -0.15) is 4.68 Å². The molecule has 0 radical (unpaired) electrons. The van der Waals surface area contributed by atoms with Crippen LogP contribution in [-0.2, 0) is 6.54 Å². The van der Waals surface area contributed by atoms with Crippen molar-refractivity contribution in [1.29, 1.82) is 0 Å². The number of rotatable bonds is 5. The molecule has 2 N–H and O–H groups in total. The van der Waals surface area contributed by atoms with E-state index in [9.17, 15) is 9.18 Å². The molecule has 3 rings (SSSR count). The SMILES string of the molecule is C=C/C(C)=C\C=C/C.CC.Cc1ccc(F)c2ccn(Cc3cc(=O)n(N(C)C)c(N)n3)c12. The van der Waals surface area contributed by atoms with E-state index in [2.05, 4.69) is 11.6 Å². The van der Waals surface area contributed by atoms with Gasteiger partial charge in [-0.3, -0.25) is 4.79 Å². The van der Waals surface area contributed by atoms with Crippen LogP contribution in [0.2, 0.25) is 0 Å². The van der Waals surface area contributed by atoms with E-state index in [1.807, 2.05) is 63.5 Å². The molecule has 0 fully saturated rings. The first-order chi connectivity index (χ1) is 15.7. The standard InChI is InChI=1S/C16H18FN5O.C8H12.C2H6/c1-10-4-5-13(17)12-6-7-21(15(10)12)9-11-8-14(23)22(20(2)3)16(18)19-11;1-4-6-7-8(3)5-2;1-2/h4-8H,9H2,1-3H3,(H2,18,19);4-7H,2H2,1,3H3;1-2H3/b;6-4-,8-7-;. The lowest BCUT2D eigenvalue weighted by Gasteiger charge is -2.18. The maximum Gasteiger partial charge on any atom is 0.274 e. The first-order valence-electron chi connectivity index (χ1n) is 10.9. The Kier molecular flexibility index (Phi) is 10.8. The molecule has 2 heterocycles. The van der Waals surface area contributed by atoms with E-state index >= 15 is 0 Å². The smallest absolute Gasteiger partial charge is 0.274 e. The second kappa shape index (κ2) is 13.1. The Labute approximate surface area is 196 Å². The summed E-state index contributed by atoms with van der Waals surface area (Å²) >= 11 is 0. The van der Waals surface area contributed by atoms with E-state index in [0.717, 1.165) is 11.1 Å². The number of nitrogen functional groups attached to an aromatic ring is 1. The quantitative estimate of drug-likeness (QED) is 0.540. The molecule has 0 aliphatic rings. The predicted molar refractivity (Wildman–Crippen MR) is 139 cm³/mol. The summed E-state index contributed by atoms with van der Waals surface area (Å²) in [6.07, 6.45) is 9.63. The van der Waals surface area contributed by atoms with Crippen LogP contribution in [0.5, 0.6) is 0 Å². The largest absolute Gasteiger partial charge is 0.368 e. The number of anilines is 1. The highest BCUT2D eigenvalue weighted by molar-refractivity contribution is 5.83. The van der Waals surface area contributed by atoms with Crippen LogP contribution in [0.25, 0.3) is 10.9 Å². The molecule has 3 aromatic rings. The second-order valence-corrected chi connectivity index (χ2v) is 7.31. The topological polar surface area (TPSA) is 69.1 Å². The maximum absolute atomic E-state index is 13.9. The van der Waals surface area contributed by atoms with Gasteiger partial charge in [0.15, 0.2) is 0 Å². The average molecular weight is 454 g/mol. The van der Waals surface area contributed by atoms with E-state index < -0.39 is 0 Å².